The summed E-state index contributed by atoms with van der Waals surface area (Å²) in [5, 5.41) is 5.98. The lowest BCUT2D eigenvalue weighted by molar-refractivity contribution is 0.0964. The lowest BCUT2D eigenvalue weighted by Gasteiger charge is -2.20. The number of likely N-dealkylation sites (N-methyl/N-ethyl adjacent to an activating group) is 1. The molecule has 5 heteroatoms. The van der Waals surface area contributed by atoms with Crippen LogP contribution in [0.1, 0.15) is 30.1 Å². The molecule has 1 aromatic carbocycles. The van der Waals surface area contributed by atoms with Gasteiger partial charge in [-0.2, -0.15) is 0 Å². The average molecular weight is 276 g/mol. The van der Waals surface area contributed by atoms with Crippen LogP contribution in [-0.2, 0) is 0 Å². The molecule has 0 aromatic heterocycles. The number of hydrogen-bond donors (Lipinski definition) is 3. The zero-order chi connectivity index (χ0) is 14.5. The molecular weight excluding hydrogens is 252 g/mol. The molecule has 110 valence electrons. The van der Waals surface area contributed by atoms with E-state index in [1.165, 1.54) is 12.8 Å². The fraction of sp³-hybridized carbons (Fsp3) is 0.533. The summed E-state index contributed by atoms with van der Waals surface area (Å²) in [6.45, 7) is 5.07. The van der Waals surface area contributed by atoms with Gasteiger partial charge in [0.1, 0.15) is 0 Å². The van der Waals surface area contributed by atoms with Gasteiger partial charge in [0.15, 0.2) is 0 Å². The normalized spacial score (nSPS) is 14.3. The van der Waals surface area contributed by atoms with Crippen molar-refractivity contribution in [1.29, 1.82) is 0 Å². The van der Waals surface area contributed by atoms with E-state index in [-0.39, 0.29) is 5.91 Å². The van der Waals surface area contributed by atoms with Crippen LogP contribution in [0.3, 0.4) is 0 Å². The van der Waals surface area contributed by atoms with E-state index in [1.807, 2.05) is 6.07 Å². The number of hydrogen-bond acceptors (Lipinski definition) is 4. The summed E-state index contributed by atoms with van der Waals surface area (Å²) in [5.74, 6) is -0.0953. The predicted molar refractivity (Wildman–Crippen MR) is 83.0 cm³/mol. The van der Waals surface area contributed by atoms with Crippen LogP contribution in [0.4, 0.5) is 11.4 Å². The Balaban J connectivity index is 1.96. The third-order valence-electron chi connectivity index (χ3n) is 3.70. The van der Waals surface area contributed by atoms with Gasteiger partial charge in [0, 0.05) is 37.6 Å². The molecule has 0 saturated heterocycles. The number of nitrogens with two attached hydrogens (primary N) is 1. The van der Waals surface area contributed by atoms with Crippen LogP contribution in [0.15, 0.2) is 18.2 Å². The lowest BCUT2D eigenvalue weighted by Crippen LogP contribution is -2.31. The van der Waals surface area contributed by atoms with Crippen LogP contribution in [0.2, 0.25) is 0 Å². The molecule has 0 radical (unpaired) electrons. The minimum absolute atomic E-state index is 0.0953. The molecular formula is C15H24N4O. The quantitative estimate of drug-likeness (QED) is 0.660. The number of anilines is 2. The van der Waals surface area contributed by atoms with Gasteiger partial charge in [0.25, 0.3) is 5.91 Å². The highest BCUT2D eigenvalue weighted by Gasteiger charge is 2.27. The number of nitrogens with one attached hydrogen (secondary N) is 2. The Hall–Kier alpha value is -1.75. The molecule has 4 N–H and O–H groups in total. The second kappa shape index (κ2) is 6.61. The summed E-state index contributed by atoms with van der Waals surface area (Å²) in [6.07, 6.45) is 2.63. The van der Waals surface area contributed by atoms with Gasteiger partial charge in [0.2, 0.25) is 0 Å². The molecule has 2 rings (SSSR count). The predicted octanol–water partition coefficient (Wildman–Crippen LogP) is 1.52. The van der Waals surface area contributed by atoms with Gasteiger partial charge in [-0.1, -0.05) is 6.92 Å². The molecule has 1 aliphatic rings. The van der Waals surface area contributed by atoms with Gasteiger partial charge in [0.05, 0.1) is 5.56 Å². The molecule has 0 heterocycles. The summed E-state index contributed by atoms with van der Waals surface area (Å²) in [6, 6.07) is 6.09. The van der Waals surface area contributed by atoms with Crippen molar-refractivity contribution in [2.75, 3.05) is 37.7 Å². The van der Waals surface area contributed by atoms with Crippen LogP contribution in [0, 0.1) is 0 Å². The van der Waals surface area contributed by atoms with E-state index in [2.05, 4.69) is 22.5 Å². The molecule has 1 aliphatic carbocycles. The zero-order valence-corrected chi connectivity index (χ0v) is 12.3. The molecule has 0 aliphatic heterocycles. The van der Waals surface area contributed by atoms with Crippen molar-refractivity contribution < 1.29 is 4.79 Å². The van der Waals surface area contributed by atoms with E-state index in [0.29, 0.717) is 11.3 Å². The minimum Gasteiger partial charge on any atom is -0.399 e. The summed E-state index contributed by atoms with van der Waals surface area (Å²) >= 11 is 0. The van der Waals surface area contributed by atoms with Crippen LogP contribution < -0.4 is 16.4 Å². The van der Waals surface area contributed by atoms with Crippen LogP contribution in [0.5, 0.6) is 0 Å². The molecule has 1 amide bonds. The summed E-state index contributed by atoms with van der Waals surface area (Å²) in [7, 11) is 1.63. The second-order valence-electron chi connectivity index (χ2n) is 5.17. The smallest absolute Gasteiger partial charge is 0.253 e. The van der Waals surface area contributed by atoms with Crippen molar-refractivity contribution in [2.45, 2.75) is 25.8 Å². The molecule has 1 saturated carbocycles. The van der Waals surface area contributed by atoms with E-state index < -0.39 is 0 Å². The SMILES string of the molecule is CCN(CCNc1cc(N)ccc1C(=O)NC)C1CC1. The highest BCUT2D eigenvalue weighted by atomic mass is 16.1. The number of rotatable bonds is 7. The third kappa shape index (κ3) is 3.63. The minimum atomic E-state index is -0.0953. The molecule has 5 nitrogen and oxygen atoms in total. The van der Waals surface area contributed by atoms with E-state index in [1.54, 1.807) is 19.2 Å². The summed E-state index contributed by atoms with van der Waals surface area (Å²) < 4.78 is 0. The first-order valence-electron chi connectivity index (χ1n) is 7.25. The number of carbonyl (C=O) groups excluding carboxylic acids is 1. The maximum atomic E-state index is 11.8. The van der Waals surface area contributed by atoms with Crippen molar-refractivity contribution in [3.05, 3.63) is 23.8 Å². The first-order chi connectivity index (χ1) is 9.65. The third-order valence-corrected chi connectivity index (χ3v) is 3.70. The number of carbonyl (C=O) groups is 1. The molecule has 0 atom stereocenters. The van der Waals surface area contributed by atoms with E-state index in [9.17, 15) is 4.79 Å². The highest BCUT2D eigenvalue weighted by molar-refractivity contribution is 6.00. The van der Waals surface area contributed by atoms with Gasteiger partial charge < -0.3 is 16.4 Å². The Bertz CT molecular complexity index is 471. The highest BCUT2D eigenvalue weighted by Crippen LogP contribution is 2.26. The van der Waals surface area contributed by atoms with E-state index in [0.717, 1.165) is 31.4 Å². The van der Waals surface area contributed by atoms with Crippen LogP contribution >= 0.6 is 0 Å². The maximum Gasteiger partial charge on any atom is 0.253 e. The Morgan fingerprint density at radius 1 is 1.45 bits per heavy atom. The van der Waals surface area contributed by atoms with Crippen molar-refractivity contribution in [1.82, 2.24) is 10.2 Å². The number of nitrogen functional groups attached to an aromatic ring is 1. The number of amides is 1. The largest absolute Gasteiger partial charge is 0.399 e. The van der Waals surface area contributed by atoms with E-state index >= 15 is 0 Å². The fourth-order valence-electron chi connectivity index (χ4n) is 2.41. The molecule has 0 spiro atoms. The topological polar surface area (TPSA) is 70.4 Å². The first-order valence-corrected chi connectivity index (χ1v) is 7.25. The maximum absolute atomic E-state index is 11.8. The standard InChI is InChI=1S/C15H24N4O/c1-3-19(12-5-6-12)9-8-18-14-10-11(16)4-7-13(14)15(20)17-2/h4,7,10,12,18H,3,5-6,8-9,16H2,1-2H3,(H,17,20). The number of benzene rings is 1. The Labute approximate surface area is 120 Å². The van der Waals surface area contributed by atoms with E-state index in [4.69, 9.17) is 5.73 Å². The Kier molecular flexibility index (Phi) is 4.84. The zero-order valence-electron chi connectivity index (χ0n) is 12.3. The Morgan fingerprint density at radius 2 is 2.20 bits per heavy atom. The summed E-state index contributed by atoms with van der Waals surface area (Å²) in [4.78, 5) is 14.3. The van der Waals surface area contributed by atoms with Gasteiger partial charge in [-0.3, -0.25) is 9.69 Å². The molecule has 0 unspecified atom stereocenters. The summed E-state index contributed by atoms with van der Waals surface area (Å²) in [5.41, 5.74) is 7.90. The molecule has 0 bridgehead atoms. The van der Waals surface area contributed by atoms with Gasteiger partial charge in [-0.05, 0) is 37.6 Å². The molecule has 20 heavy (non-hydrogen) atoms. The average Bonchev–Trinajstić information content (AvgIpc) is 3.27. The van der Waals surface area contributed by atoms with Crippen LogP contribution in [-0.4, -0.2) is 43.5 Å². The molecule has 1 fully saturated rings. The van der Waals surface area contributed by atoms with Gasteiger partial charge in [-0.25, -0.2) is 0 Å². The lowest BCUT2D eigenvalue weighted by atomic mass is 10.1. The van der Waals surface area contributed by atoms with Crippen molar-refractivity contribution in [3.8, 4) is 0 Å². The van der Waals surface area contributed by atoms with Gasteiger partial charge >= 0.3 is 0 Å². The van der Waals surface area contributed by atoms with Gasteiger partial charge in [-0.15, -0.1) is 0 Å². The van der Waals surface area contributed by atoms with Crippen LogP contribution in [0.25, 0.3) is 0 Å². The van der Waals surface area contributed by atoms with Crippen molar-refractivity contribution in [2.24, 2.45) is 0 Å². The van der Waals surface area contributed by atoms with Crippen molar-refractivity contribution in [3.63, 3.8) is 0 Å². The fourth-order valence-corrected chi connectivity index (χ4v) is 2.41. The monoisotopic (exact) mass is 276 g/mol. The van der Waals surface area contributed by atoms with Crippen molar-refractivity contribution >= 4 is 17.3 Å². The Morgan fingerprint density at radius 3 is 2.80 bits per heavy atom. The first kappa shape index (κ1) is 14.7. The molecule has 1 aromatic rings. The second-order valence-corrected chi connectivity index (χ2v) is 5.17. The number of nitrogens with zero attached hydrogens (tertiary/aromatic N) is 1.